The molecule has 18 heavy (non-hydrogen) atoms. The third kappa shape index (κ3) is 5.16. The molecule has 3 N–H and O–H groups in total. The summed E-state index contributed by atoms with van der Waals surface area (Å²) in [5.41, 5.74) is 1.15. The first-order valence-corrected chi connectivity index (χ1v) is 5.86. The van der Waals surface area contributed by atoms with E-state index in [1.54, 1.807) is 0 Å². The van der Waals surface area contributed by atoms with E-state index in [1.165, 1.54) is 0 Å². The standard InChI is InChI=1S/C13H19NO4/c1-10-2-4-12(5-3-10)18-7-6-13(17)14-11(8-15)9-16/h2-5,11,15-16H,6-9H2,1H3,(H,14,17). The fraction of sp³-hybridized carbons (Fsp3) is 0.462. The zero-order valence-electron chi connectivity index (χ0n) is 10.4. The minimum Gasteiger partial charge on any atom is -0.493 e. The molecule has 0 saturated carbocycles. The number of carbonyl (C=O) groups excluding carboxylic acids is 1. The van der Waals surface area contributed by atoms with Gasteiger partial charge in [0.15, 0.2) is 0 Å². The molecular formula is C13H19NO4. The first-order chi connectivity index (χ1) is 8.65. The highest BCUT2D eigenvalue weighted by Gasteiger charge is 2.09. The molecule has 1 aromatic rings. The number of aryl methyl sites for hydroxylation is 1. The van der Waals surface area contributed by atoms with E-state index in [4.69, 9.17) is 14.9 Å². The number of ether oxygens (including phenoxy) is 1. The summed E-state index contributed by atoms with van der Waals surface area (Å²) < 4.78 is 5.39. The summed E-state index contributed by atoms with van der Waals surface area (Å²) in [6, 6.07) is 6.96. The molecule has 0 atom stereocenters. The minimum atomic E-state index is -0.600. The number of rotatable bonds is 7. The van der Waals surface area contributed by atoms with Gasteiger partial charge in [-0.1, -0.05) is 17.7 Å². The molecule has 0 aromatic heterocycles. The van der Waals surface area contributed by atoms with Crippen LogP contribution in [0.4, 0.5) is 0 Å². The van der Waals surface area contributed by atoms with Crippen LogP contribution in [-0.4, -0.2) is 42.0 Å². The van der Waals surface area contributed by atoms with Gasteiger partial charge in [-0.15, -0.1) is 0 Å². The molecular weight excluding hydrogens is 234 g/mol. The number of aliphatic hydroxyl groups is 2. The fourth-order valence-electron chi connectivity index (χ4n) is 1.34. The summed E-state index contributed by atoms with van der Waals surface area (Å²) in [4.78, 5) is 11.4. The Hall–Kier alpha value is -1.59. The lowest BCUT2D eigenvalue weighted by Gasteiger charge is -2.13. The van der Waals surface area contributed by atoms with Crippen molar-refractivity contribution < 1.29 is 19.7 Å². The van der Waals surface area contributed by atoms with Crippen LogP contribution in [0.2, 0.25) is 0 Å². The van der Waals surface area contributed by atoms with Crippen LogP contribution in [-0.2, 0) is 4.79 Å². The Kier molecular flexibility index (Phi) is 6.18. The lowest BCUT2D eigenvalue weighted by Crippen LogP contribution is -2.40. The van der Waals surface area contributed by atoms with Crippen molar-refractivity contribution in [2.75, 3.05) is 19.8 Å². The smallest absolute Gasteiger partial charge is 0.223 e. The van der Waals surface area contributed by atoms with Crippen molar-refractivity contribution in [3.63, 3.8) is 0 Å². The van der Waals surface area contributed by atoms with Crippen molar-refractivity contribution in [1.29, 1.82) is 0 Å². The Bertz CT molecular complexity index is 360. The summed E-state index contributed by atoms with van der Waals surface area (Å²) in [5, 5.41) is 20.1. The Balaban J connectivity index is 2.25. The number of amides is 1. The van der Waals surface area contributed by atoms with Crippen LogP contribution in [0.1, 0.15) is 12.0 Å². The van der Waals surface area contributed by atoms with E-state index in [2.05, 4.69) is 5.32 Å². The van der Waals surface area contributed by atoms with Crippen LogP contribution in [0.3, 0.4) is 0 Å². The van der Waals surface area contributed by atoms with Crippen LogP contribution >= 0.6 is 0 Å². The van der Waals surface area contributed by atoms with Gasteiger partial charge < -0.3 is 20.3 Å². The molecule has 5 nitrogen and oxygen atoms in total. The topological polar surface area (TPSA) is 78.8 Å². The van der Waals surface area contributed by atoms with Gasteiger partial charge in [0.25, 0.3) is 0 Å². The van der Waals surface area contributed by atoms with Crippen molar-refractivity contribution in [2.45, 2.75) is 19.4 Å². The third-order valence-corrected chi connectivity index (χ3v) is 2.42. The van der Waals surface area contributed by atoms with Gasteiger partial charge in [0.05, 0.1) is 32.3 Å². The second-order valence-electron chi connectivity index (χ2n) is 4.04. The molecule has 0 heterocycles. The molecule has 1 amide bonds. The average molecular weight is 253 g/mol. The molecule has 0 bridgehead atoms. The highest BCUT2D eigenvalue weighted by Crippen LogP contribution is 2.11. The first kappa shape index (κ1) is 14.5. The van der Waals surface area contributed by atoms with Gasteiger partial charge in [-0.25, -0.2) is 0 Å². The van der Waals surface area contributed by atoms with E-state index in [-0.39, 0.29) is 32.1 Å². The predicted molar refractivity (Wildman–Crippen MR) is 67.4 cm³/mol. The molecule has 1 aromatic carbocycles. The molecule has 0 unspecified atom stereocenters. The van der Waals surface area contributed by atoms with E-state index >= 15 is 0 Å². The summed E-state index contributed by atoms with van der Waals surface area (Å²) in [6.07, 6.45) is 0.185. The second-order valence-corrected chi connectivity index (χ2v) is 4.04. The number of benzene rings is 1. The Morgan fingerprint density at radius 3 is 2.44 bits per heavy atom. The summed E-state index contributed by atoms with van der Waals surface area (Å²) in [7, 11) is 0. The SMILES string of the molecule is Cc1ccc(OCCC(=O)NC(CO)CO)cc1. The van der Waals surface area contributed by atoms with Crippen LogP contribution in [0.5, 0.6) is 5.75 Å². The van der Waals surface area contributed by atoms with E-state index in [1.807, 2.05) is 31.2 Å². The van der Waals surface area contributed by atoms with Crippen LogP contribution in [0, 0.1) is 6.92 Å². The second kappa shape index (κ2) is 7.68. The maximum absolute atomic E-state index is 11.4. The van der Waals surface area contributed by atoms with Gasteiger partial charge in [0.2, 0.25) is 5.91 Å². The highest BCUT2D eigenvalue weighted by atomic mass is 16.5. The van der Waals surface area contributed by atoms with Gasteiger partial charge in [-0.3, -0.25) is 4.79 Å². The predicted octanol–water partition coefficient (Wildman–Crippen LogP) is 0.233. The van der Waals surface area contributed by atoms with Crippen LogP contribution < -0.4 is 10.1 Å². The van der Waals surface area contributed by atoms with Gasteiger partial charge in [0.1, 0.15) is 5.75 Å². The van der Waals surface area contributed by atoms with Crippen molar-refractivity contribution >= 4 is 5.91 Å². The zero-order valence-corrected chi connectivity index (χ0v) is 10.4. The van der Waals surface area contributed by atoms with Gasteiger partial charge in [-0.2, -0.15) is 0 Å². The van der Waals surface area contributed by atoms with Crippen molar-refractivity contribution in [3.8, 4) is 5.75 Å². The van der Waals surface area contributed by atoms with Crippen molar-refractivity contribution in [2.24, 2.45) is 0 Å². The van der Waals surface area contributed by atoms with Crippen LogP contribution in [0.15, 0.2) is 24.3 Å². The third-order valence-electron chi connectivity index (χ3n) is 2.42. The Labute approximate surface area is 106 Å². The Morgan fingerprint density at radius 1 is 1.28 bits per heavy atom. The monoisotopic (exact) mass is 253 g/mol. The average Bonchev–Trinajstić information content (AvgIpc) is 2.38. The number of hydrogen-bond donors (Lipinski definition) is 3. The minimum absolute atomic E-state index is 0.185. The molecule has 0 aliphatic rings. The molecule has 0 fully saturated rings. The molecule has 0 spiro atoms. The summed E-state index contributed by atoms with van der Waals surface area (Å²) >= 11 is 0. The van der Waals surface area contributed by atoms with E-state index in [0.717, 1.165) is 5.56 Å². The molecule has 0 aliphatic carbocycles. The number of nitrogens with one attached hydrogen (secondary N) is 1. The molecule has 100 valence electrons. The lowest BCUT2D eigenvalue weighted by molar-refractivity contribution is -0.122. The molecule has 1 rings (SSSR count). The van der Waals surface area contributed by atoms with E-state index in [0.29, 0.717) is 5.75 Å². The number of hydrogen-bond acceptors (Lipinski definition) is 4. The van der Waals surface area contributed by atoms with Crippen molar-refractivity contribution in [3.05, 3.63) is 29.8 Å². The lowest BCUT2D eigenvalue weighted by atomic mass is 10.2. The molecule has 0 aliphatic heterocycles. The molecule has 5 heteroatoms. The fourth-order valence-corrected chi connectivity index (χ4v) is 1.34. The molecule has 0 radical (unpaired) electrons. The quantitative estimate of drug-likeness (QED) is 0.650. The van der Waals surface area contributed by atoms with Gasteiger partial charge >= 0.3 is 0 Å². The first-order valence-electron chi connectivity index (χ1n) is 5.86. The number of aliphatic hydroxyl groups excluding tert-OH is 2. The maximum Gasteiger partial charge on any atom is 0.223 e. The zero-order chi connectivity index (χ0) is 13.4. The molecule has 0 saturated heterocycles. The largest absolute Gasteiger partial charge is 0.493 e. The van der Waals surface area contributed by atoms with E-state index < -0.39 is 6.04 Å². The highest BCUT2D eigenvalue weighted by molar-refractivity contribution is 5.76. The summed E-state index contributed by atoms with van der Waals surface area (Å²) in [5.74, 6) is 0.462. The van der Waals surface area contributed by atoms with Gasteiger partial charge in [-0.05, 0) is 19.1 Å². The van der Waals surface area contributed by atoms with E-state index in [9.17, 15) is 4.79 Å². The van der Waals surface area contributed by atoms with Gasteiger partial charge in [0, 0.05) is 0 Å². The Morgan fingerprint density at radius 2 is 1.89 bits per heavy atom. The normalized spacial score (nSPS) is 10.4. The van der Waals surface area contributed by atoms with Crippen LogP contribution in [0.25, 0.3) is 0 Å². The summed E-state index contributed by atoms with van der Waals surface area (Å²) in [6.45, 7) is 1.70. The number of carbonyl (C=O) groups is 1. The maximum atomic E-state index is 11.4. The van der Waals surface area contributed by atoms with Crippen molar-refractivity contribution in [1.82, 2.24) is 5.32 Å².